The lowest BCUT2D eigenvalue weighted by Gasteiger charge is -2.20. The highest BCUT2D eigenvalue weighted by molar-refractivity contribution is 7.98. The van der Waals surface area contributed by atoms with E-state index in [1.165, 1.54) is 5.56 Å². The van der Waals surface area contributed by atoms with Crippen molar-refractivity contribution < 1.29 is 4.79 Å². The molecule has 0 saturated heterocycles. The van der Waals surface area contributed by atoms with Gasteiger partial charge in [0.05, 0.1) is 0 Å². The Bertz CT molecular complexity index is 420. The van der Waals surface area contributed by atoms with Gasteiger partial charge in [-0.05, 0) is 49.0 Å². The van der Waals surface area contributed by atoms with Crippen LogP contribution in [-0.4, -0.2) is 31.0 Å². The standard InChI is InChI=1S/C14H20N2OS/c1-18-10-4-9-16-14(17)12-5-2-7-13-11(12)6-3-8-15-13/h2,5,7,15H,3-4,6,8-10H2,1H3,(H,16,17). The number of rotatable bonds is 5. The third-order valence-electron chi connectivity index (χ3n) is 3.15. The second-order valence-electron chi connectivity index (χ2n) is 4.46. The summed E-state index contributed by atoms with van der Waals surface area (Å²) in [5.41, 5.74) is 3.13. The van der Waals surface area contributed by atoms with Crippen LogP contribution in [0.2, 0.25) is 0 Å². The van der Waals surface area contributed by atoms with Crippen LogP contribution in [0.4, 0.5) is 5.69 Å². The van der Waals surface area contributed by atoms with Gasteiger partial charge in [0.2, 0.25) is 0 Å². The molecule has 2 N–H and O–H groups in total. The zero-order valence-electron chi connectivity index (χ0n) is 10.8. The number of carbonyl (C=O) groups excluding carboxylic acids is 1. The Morgan fingerprint density at radius 1 is 1.50 bits per heavy atom. The van der Waals surface area contributed by atoms with Gasteiger partial charge in [-0.1, -0.05) is 6.07 Å². The molecular formula is C14H20N2OS. The molecule has 1 aliphatic heterocycles. The molecule has 0 atom stereocenters. The molecule has 0 radical (unpaired) electrons. The molecule has 98 valence electrons. The van der Waals surface area contributed by atoms with E-state index < -0.39 is 0 Å². The van der Waals surface area contributed by atoms with Crippen LogP contribution in [0.25, 0.3) is 0 Å². The molecular weight excluding hydrogens is 244 g/mol. The molecule has 1 heterocycles. The van der Waals surface area contributed by atoms with E-state index in [2.05, 4.69) is 23.0 Å². The highest BCUT2D eigenvalue weighted by atomic mass is 32.2. The van der Waals surface area contributed by atoms with Crippen LogP contribution in [0.5, 0.6) is 0 Å². The highest BCUT2D eigenvalue weighted by Crippen LogP contribution is 2.25. The third kappa shape index (κ3) is 3.19. The van der Waals surface area contributed by atoms with Crippen LogP contribution in [0, 0.1) is 0 Å². The lowest BCUT2D eigenvalue weighted by molar-refractivity contribution is 0.0953. The molecule has 0 saturated carbocycles. The molecule has 0 aliphatic carbocycles. The Morgan fingerprint density at radius 2 is 2.39 bits per heavy atom. The largest absolute Gasteiger partial charge is 0.385 e. The second-order valence-corrected chi connectivity index (χ2v) is 5.45. The molecule has 0 aromatic heterocycles. The van der Waals surface area contributed by atoms with Crippen LogP contribution in [0.1, 0.15) is 28.8 Å². The maximum absolute atomic E-state index is 12.1. The van der Waals surface area contributed by atoms with Gasteiger partial charge < -0.3 is 10.6 Å². The van der Waals surface area contributed by atoms with E-state index >= 15 is 0 Å². The van der Waals surface area contributed by atoms with Crippen molar-refractivity contribution in [2.45, 2.75) is 19.3 Å². The van der Waals surface area contributed by atoms with Gasteiger partial charge in [-0.25, -0.2) is 0 Å². The summed E-state index contributed by atoms with van der Waals surface area (Å²) in [5, 5.41) is 6.35. The molecule has 1 aliphatic rings. The summed E-state index contributed by atoms with van der Waals surface area (Å²) in [6, 6.07) is 5.93. The summed E-state index contributed by atoms with van der Waals surface area (Å²) < 4.78 is 0. The van der Waals surface area contributed by atoms with Crippen LogP contribution in [-0.2, 0) is 6.42 Å². The van der Waals surface area contributed by atoms with E-state index in [4.69, 9.17) is 0 Å². The van der Waals surface area contributed by atoms with E-state index in [1.54, 1.807) is 0 Å². The van der Waals surface area contributed by atoms with Crippen molar-refractivity contribution in [2.75, 3.05) is 30.4 Å². The average Bonchev–Trinajstić information content (AvgIpc) is 2.43. The number of anilines is 1. The van der Waals surface area contributed by atoms with Gasteiger partial charge in [-0.3, -0.25) is 4.79 Å². The van der Waals surface area contributed by atoms with Gasteiger partial charge >= 0.3 is 0 Å². The first-order valence-corrected chi connectivity index (χ1v) is 7.85. The lowest BCUT2D eigenvalue weighted by Crippen LogP contribution is -2.27. The molecule has 3 nitrogen and oxygen atoms in total. The Kier molecular flexibility index (Phi) is 4.93. The van der Waals surface area contributed by atoms with Crippen molar-refractivity contribution in [1.82, 2.24) is 5.32 Å². The van der Waals surface area contributed by atoms with Gasteiger partial charge in [0, 0.05) is 24.3 Å². The first-order valence-electron chi connectivity index (χ1n) is 6.46. The first kappa shape index (κ1) is 13.3. The quantitative estimate of drug-likeness (QED) is 0.803. The SMILES string of the molecule is CSCCCNC(=O)c1cccc2c1CCCN2. The monoisotopic (exact) mass is 264 g/mol. The van der Waals surface area contributed by atoms with Crippen molar-refractivity contribution in [2.24, 2.45) is 0 Å². The summed E-state index contributed by atoms with van der Waals surface area (Å²) in [6.07, 6.45) is 5.21. The molecule has 2 rings (SSSR count). The number of nitrogens with one attached hydrogen (secondary N) is 2. The Morgan fingerprint density at radius 3 is 3.22 bits per heavy atom. The Balaban J connectivity index is 2.01. The van der Waals surface area contributed by atoms with Gasteiger partial charge in [0.15, 0.2) is 0 Å². The third-order valence-corrected chi connectivity index (χ3v) is 3.85. The number of hydrogen-bond donors (Lipinski definition) is 2. The first-order chi connectivity index (χ1) is 8.83. The van der Waals surface area contributed by atoms with Gasteiger partial charge in [0.1, 0.15) is 0 Å². The maximum Gasteiger partial charge on any atom is 0.251 e. The van der Waals surface area contributed by atoms with Crippen molar-refractivity contribution >= 4 is 23.4 Å². The smallest absolute Gasteiger partial charge is 0.251 e. The predicted molar refractivity (Wildman–Crippen MR) is 78.6 cm³/mol. The van der Waals surface area contributed by atoms with Gasteiger partial charge in [0.25, 0.3) is 5.91 Å². The van der Waals surface area contributed by atoms with Gasteiger partial charge in [-0.2, -0.15) is 11.8 Å². The summed E-state index contributed by atoms with van der Waals surface area (Å²) in [7, 11) is 0. The molecule has 4 heteroatoms. The molecule has 1 aromatic carbocycles. The summed E-state index contributed by atoms with van der Waals surface area (Å²) >= 11 is 1.81. The normalized spacial score (nSPS) is 13.6. The van der Waals surface area contributed by atoms with Crippen molar-refractivity contribution in [1.29, 1.82) is 0 Å². The van der Waals surface area contributed by atoms with E-state index in [9.17, 15) is 4.79 Å². The fourth-order valence-corrected chi connectivity index (χ4v) is 2.67. The van der Waals surface area contributed by atoms with Crippen molar-refractivity contribution in [3.8, 4) is 0 Å². The predicted octanol–water partition coefficient (Wildman–Crippen LogP) is 2.53. The second kappa shape index (κ2) is 6.69. The number of amides is 1. The molecule has 1 amide bonds. The highest BCUT2D eigenvalue weighted by Gasteiger charge is 2.16. The zero-order valence-corrected chi connectivity index (χ0v) is 11.6. The van der Waals surface area contributed by atoms with Crippen molar-refractivity contribution in [3.63, 3.8) is 0 Å². The Hall–Kier alpha value is -1.16. The van der Waals surface area contributed by atoms with E-state index in [1.807, 2.05) is 23.9 Å². The van der Waals surface area contributed by atoms with Gasteiger partial charge in [-0.15, -0.1) is 0 Å². The van der Waals surface area contributed by atoms with E-state index in [-0.39, 0.29) is 5.91 Å². The topological polar surface area (TPSA) is 41.1 Å². The summed E-state index contributed by atoms with van der Waals surface area (Å²) in [4.78, 5) is 12.1. The van der Waals surface area contributed by atoms with E-state index in [0.717, 1.165) is 49.4 Å². The van der Waals surface area contributed by atoms with Crippen LogP contribution in [0.15, 0.2) is 18.2 Å². The minimum absolute atomic E-state index is 0.0663. The molecule has 0 fully saturated rings. The number of thioether (sulfide) groups is 1. The summed E-state index contributed by atoms with van der Waals surface area (Å²) in [5.74, 6) is 1.16. The summed E-state index contributed by atoms with van der Waals surface area (Å²) in [6.45, 7) is 1.77. The zero-order chi connectivity index (χ0) is 12.8. The minimum atomic E-state index is 0.0663. The van der Waals surface area contributed by atoms with Crippen LogP contribution < -0.4 is 10.6 Å². The number of benzene rings is 1. The van der Waals surface area contributed by atoms with Crippen LogP contribution >= 0.6 is 11.8 Å². The molecule has 0 unspecified atom stereocenters. The number of carbonyl (C=O) groups is 1. The number of hydrogen-bond acceptors (Lipinski definition) is 3. The fourth-order valence-electron chi connectivity index (χ4n) is 2.24. The van der Waals surface area contributed by atoms with Crippen LogP contribution in [0.3, 0.4) is 0 Å². The minimum Gasteiger partial charge on any atom is -0.385 e. The number of fused-ring (bicyclic) bond motifs is 1. The molecule has 18 heavy (non-hydrogen) atoms. The Labute approximate surface area is 113 Å². The molecule has 0 spiro atoms. The fraction of sp³-hybridized carbons (Fsp3) is 0.500. The van der Waals surface area contributed by atoms with Crippen molar-refractivity contribution in [3.05, 3.63) is 29.3 Å². The molecule has 0 bridgehead atoms. The average molecular weight is 264 g/mol. The lowest BCUT2D eigenvalue weighted by atomic mass is 9.97. The van der Waals surface area contributed by atoms with E-state index in [0.29, 0.717) is 0 Å². The molecule has 1 aromatic rings. The maximum atomic E-state index is 12.1.